The van der Waals surface area contributed by atoms with E-state index in [4.69, 9.17) is 5.73 Å². The fourth-order valence-corrected chi connectivity index (χ4v) is 3.76. The van der Waals surface area contributed by atoms with Crippen LogP contribution in [0.1, 0.15) is 34.6 Å². The Hall–Kier alpha value is -2.49. The van der Waals surface area contributed by atoms with Crippen LogP contribution in [0.15, 0.2) is 36.9 Å². The molecule has 0 radical (unpaired) electrons. The smallest absolute Gasteiger partial charge is 0.251 e. The summed E-state index contributed by atoms with van der Waals surface area (Å²) >= 11 is 0. The minimum absolute atomic E-state index is 0.378. The molecular weight excluding hydrogens is 298 g/mol. The van der Waals surface area contributed by atoms with E-state index in [1.807, 2.05) is 19.9 Å². The largest absolute Gasteiger partial charge is 0.372 e. The number of hydrogen-bond donors (Lipinski definition) is 1. The summed E-state index contributed by atoms with van der Waals surface area (Å²) in [7, 11) is 0. The van der Waals surface area contributed by atoms with Crippen molar-refractivity contribution in [2.75, 3.05) is 18.0 Å². The molecule has 1 amide bonds. The van der Waals surface area contributed by atoms with E-state index in [0.29, 0.717) is 12.1 Å². The van der Waals surface area contributed by atoms with Gasteiger partial charge in [-0.15, -0.1) is 6.58 Å². The molecule has 0 bridgehead atoms. The molecule has 4 heteroatoms. The van der Waals surface area contributed by atoms with Gasteiger partial charge in [0.05, 0.1) is 5.56 Å². The maximum atomic E-state index is 12.0. The third-order valence-corrected chi connectivity index (χ3v) is 4.97. The highest BCUT2D eigenvalue weighted by Crippen LogP contribution is 2.33. The zero-order valence-corrected chi connectivity index (χ0v) is 14.5. The number of nitrogens with zero attached hydrogens (tertiary/aromatic N) is 2. The van der Waals surface area contributed by atoms with Gasteiger partial charge < -0.3 is 15.2 Å². The zero-order chi connectivity index (χ0) is 17.3. The fourth-order valence-electron chi connectivity index (χ4n) is 3.76. The minimum Gasteiger partial charge on any atom is -0.372 e. The van der Waals surface area contributed by atoms with E-state index in [1.165, 1.54) is 18.5 Å². The molecule has 1 fully saturated rings. The van der Waals surface area contributed by atoms with Crippen molar-refractivity contribution >= 4 is 11.6 Å². The van der Waals surface area contributed by atoms with E-state index >= 15 is 0 Å². The molecule has 1 aliphatic rings. The van der Waals surface area contributed by atoms with Crippen LogP contribution in [0.3, 0.4) is 0 Å². The van der Waals surface area contributed by atoms with Crippen LogP contribution in [0.2, 0.25) is 0 Å². The summed E-state index contributed by atoms with van der Waals surface area (Å²) in [6.45, 7) is 10.7. The minimum atomic E-state index is -0.378. The van der Waals surface area contributed by atoms with Gasteiger partial charge in [-0.25, -0.2) is 0 Å². The lowest BCUT2D eigenvalue weighted by Gasteiger charge is -2.18. The average molecular weight is 323 g/mol. The van der Waals surface area contributed by atoms with Crippen LogP contribution in [0, 0.1) is 13.8 Å². The first-order valence-electron chi connectivity index (χ1n) is 8.50. The molecule has 24 heavy (non-hydrogen) atoms. The van der Waals surface area contributed by atoms with Gasteiger partial charge in [0.1, 0.15) is 0 Å². The predicted octanol–water partition coefficient (Wildman–Crippen LogP) is 3.66. The molecule has 1 aromatic carbocycles. The van der Waals surface area contributed by atoms with E-state index in [1.54, 1.807) is 0 Å². The van der Waals surface area contributed by atoms with Gasteiger partial charge in [0, 0.05) is 42.3 Å². The first-order valence-corrected chi connectivity index (χ1v) is 8.50. The number of rotatable bonds is 5. The number of carbonyl (C=O) groups is 1. The van der Waals surface area contributed by atoms with Crippen molar-refractivity contribution in [1.82, 2.24) is 4.57 Å². The second-order valence-electron chi connectivity index (χ2n) is 6.43. The van der Waals surface area contributed by atoms with Gasteiger partial charge in [-0.3, -0.25) is 4.79 Å². The Balaban J connectivity index is 2.06. The topological polar surface area (TPSA) is 51.3 Å². The molecule has 126 valence electrons. The zero-order valence-electron chi connectivity index (χ0n) is 14.5. The quantitative estimate of drug-likeness (QED) is 0.854. The normalized spacial score (nSPS) is 14.2. The Bertz CT molecular complexity index is 765. The Kier molecular flexibility index (Phi) is 4.47. The number of primary amides is 1. The number of aromatic nitrogens is 1. The predicted molar refractivity (Wildman–Crippen MR) is 99.5 cm³/mol. The van der Waals surface area contributed by atoms with Crippen LogP contribution >= 0.6 is 0 Å². The maximum Gasteiger partial charge on any atom is 0.251 e. The van der Waals surface area contributed by atoms with Gasteiger partial charge in [0.15, 0.2) is 0 Å². The van der Waals surface area contributed by atoms with Gasteiger partial charge in [0.25, 0.3) is 5.91 Å². The number of nitrogens with two attached hydrogens (primary N) is 1. The van der Waals surface area contributed by atoms with Crippen molar-refractivity contribution in [2.24, 2.45) is 5.73 Å². The molecule has 1 saturated heterocycles. The van der Waals surface area contributed by atoms with Crippen molar-refractivity contribution in [3.63, 3.8) is 0 Å². The highest BCUT2D eigenvalue weighted by Gasteiger charge is 2.22. The van der Waals surface area contributed by atoms with E-state index in [9.17, 15) is 4.79 Å². The molecule has 2 heterocycles. The highest BCUT2D eigenvalue weighted by molar-refractivity contribution is 6.02. The molecule has 0 atom stereocenters. The molecule has 4 nitrogen and oxygen atoms in total. The van der Waals surface area contributed by atoms with Gasteiger partial charge in [-0.2, -0.15) is 0 Å². The third kappa shape index (κ3) is 2.73. The Morgan fingerprint density at radius 2 is 1.79 bits per heavy atom. The summed E-state index contributed by atoms with van der Waals surface area (Å²) < 4.78 is 2.09. The van der Waals surface area contributed by atoms with Crippen LogP contribution in [0.5, 0.6) is 0 Å². The molecule has 0 aliphatic carbocycles. The summed E-state index contributed by atoms with van der Waals surface area (Å²) in [5.74, 6) is -0.378. The maximum absolute atomic E-state index is 12.0. The van der Waals surface area contributed by atoms with Gasteiger partial charge in [0.2, 0.25) is 0 Å². The van der Waals surface area contributed by atoms with Crippen molar-refractivity contribution in [3.8, 4) is 11.1 Å². The number of allylic oxidation sites excluding steroid dienone is 1. The molecule has 0 spiro atoms. The van der Waals surface area contributed by atoms with Crippen LogP contribution in [0.25, 0.3) is 11.1 Å². The Morgan fingerprint density at radius 3 is 2.33 bits per heavy atom. The number of benzene rings is 1. The van der Waals surface area contributed by atoms with E-state index < -0.39 is 0 Å². The first kappa shape index (κ1) is 16.4. The molecule has 3 rings (SSSR count). The lowest BCUT2D eigenvalue weighted by Crippen LogP contribution is -2.17. The summed E-state index contributed by atoms with van der Waals surface area (Å²) in [5, 5.41) is 0. The molecule has 1 aromatic heterocycles. The van der Waals surface area contributed by atoms with E-state index in [0.717, 1.165) is 35.6 Å². The van der Waals surface area contributed by atoms with Gasteiger partial charge in [-0.05, 0) is 44.4 Å². The molecular formula is C20H25N3O. The van der Waals surface area contributed by atoms with E-state index in [-0.39, 0.29) is 5.91 Å². The third-order valence-electron chi connectivity index (χ3n) is 4.97. The summed E-state index contributed by atoms with van der Waals surface area (Å²) in [5.41, 5.74) is 11.5. The lowest BCUT2D eigenvalue weighted by atomic mass is 9.99. The number of hydrogen-bond acceptors (Lipinski definition) is 2. The van der Waals surface area contributed by atoms with Crippen LogP contribution in [-0.2, 0) is 6.54 Å². The average Bonchev–Trinajstić information content (AvgIpc) is 3.17. The standard InChI is InChI=1S/C20H25N3O/c1-4-11-23-14(2)18(19(15(23)3)20(21)24)16-7-9-17(10-8-16)22-12-5-6-13-22/h4,7-10H,1,5-6,11-13H2,2-3H3,(H2,21,24). The molecule has 0 saturated carbocycles. The van der Waals surface area contributed by atoms with Crippen LogP contribution in [0.4, 0.5) is 5.69 Å². The van der Waals surface area contributed by atoms with E-state index in [2.05, 4.69) is 40.3 Å². The number of amides is 1. The van der Waals surface area contributed by atoms with Gasteiger partial charge >= 0.3 is 0 Å². The second-order valence-corrected chi connectivity index (χ2v) is 6.43. The Morgan fingerprint density at radius 1 is 1.17 bits per heavy atom. The fraction of sp³-hybridized carbons (Fsp3) is 0.350. The molecule has 1 aliphatic heterocycles. The molecule has 0 unspecified atom stereocenters. The first-order chi connectivity index (χ1) is 11.5. The van der Waals surface area contributed by atoms with Crippen LogP contribution in [-0.4, -0.2) is 23.6 Å². The lowest BCUT2D eigenvalue weighted by molar-refractivity contribution is 0.1000. The van der Waals surface area contributed by atoms with Crippen molar-refractivity contribution in [1.29, 1.82) is 0 Å². The number of anilines is 1. The van der Waals surface area contributed by atoms with Crippen molar-refractivity contribution in [2.45, 2.75) is 33.2 Å². The Labute approximate surface area is 143 Å². The SMILES string of the molecule is C=CCn1c(C)c(C(N)=O)c(-c2ccc(N3CCCC3)cc2)c1C. The monoisotopic (exact) mass is 323 g/mol. The van der Waals surface area contributed by atoms with Crippen molar-refractivity contribution < 1.29 is 4.79 Å². The molecule has 2 aromatic rings. The molecule has 2 N–H and O–H groups in total. The summed E-state index contributed by atoms with van der Waals surface area (Å²) in [4.78, 5) is 14.4. The highest BCUT2D eigenvalue weighted by atomic mass is 16.1. The van der Waals surface area contributed by atoms with Crippen LogP contribution < -0.4 is 10.6 Å². The second kappa shape index (κ2) is 6.56. The summed E-state index contributed by atoms with van der Waals surface area (Å²) in [6.07, 6.45) is 4.36. The number of carbonyl (C=O) groups excluding carboxylic acids is 1. The van der Waals surface area contributed by atoms with Crippen molar-refractivity contribution in [3.05, 3.63) is 53.9 Å². The summed E-state index contributed by atoms with van der Waals surface area (Å²) in [6, 6.07) is 8.48. The van der Waals surface area contributed by atoms with Gasteiger partial charge in [-0.1, -0.05) is 18.2 Å².